The van der Waals surface area contributed by atoms with E-state index in [4.69, 9.17) is 5.73 Å². The van der Waals surface area contributed by atoms with Gasteiger partial charge in [0.15, 0.2) is 0 Å². The number of benzene rings is 2. The van der Waals surface area contributed by atoms with Gasteiger partial charge in [0.05, 0.1) is 10.6 Å². The van der Waals surface area contributed by atoms with E-state index in [9.17, 15) is 12.8 Å². The van der Waals surface area contributed by atoms with Crippen LogP contribution in [0, 0.1) is 5.82 Å². The quantitative estimate of drug-likeness (QED) is 0.891. The Bertz CT molecular complexity index is 690. The smallest absolute Gasteiger partial charge is 0.264 e. The molecule has 4 nitrogen and oxygen atoms in total. The molecule has 0 amide bonds. The van der Waals surface area contributed by atoms with Crippen LogP contribution in [0.1, 0.15) is 6.42 Å². The molecule has 2 aromatic carbocycles. The molecule has 2 rings (SSSR count). The minimum absolute atomic E-state index is 0.172. The molecule has 0 aliphatic heterocycles. The summed E-state index contributed by atoms with van der Waals surface area (Å²) in [5.74, 6) is -0.478. The standard InChI is InChI=1S/C15H17FN2O2S/c16-13-6-4-7-14(12-13)18(11-5-10-17)21(19,20)15-8-2-1-3-9-15/h1-4,6-9,12H,5,10-11,17H2. The number of nitrogens with two attached hydrogens (primary N) is 1. The van der Waals surface area contributed by atoms with E-state index >= 15 is 0 Å². The van der Waals surface area contributed by atoms with Gasteiger partial charge in [-0.3, -0.25) is 4.31 Å². The van der Waals surface area contributed by atoms with Gasteiger partial charge in [0.2, 0.25) is 0 Å². The zero-order chi connectivity index (χ0) is 15.3. The first-order valence-electron chi connectivity index (χ1n) is 6.59. The molecule has 112 valence electrons. The van der Waals surface area contributed by atoms with Crippen molar-refractivity contribution in [1.29, 1.82) is 0 Å². The van der Waals surface area contributed by atoms with Crippen LogP contribution in [0.5, 0.6) is 0 Å². The lowest BCUT2D eigenvalue weighted by molar-refractivity contribution is 0.589. The number of nitrogens with zero attached hydrogens (tertiary/aromatic N) is 1. The van der Waals surface area contributed by atoms with Gasteiger partial charge in [0.1, 0.15) is 5.82 Å². The summed E-state index contributed by atoms with van der Waals surface area (Å²) >= 11 is 0. The largest absolute Gasteiger partial charge is 0.330 e. The Labute approximate surface area is 124 Å². The molecule has 0 aromatic heterocycles. The first-order valence-corrected chi connectivity index (χ1v) is 8.03. The second-order valence-electron chi connectivity index (χ2n) is 4.51. The number of rotatable bonds is 6. The fourth-order valence-corrected chi connectivity index (χ4v) is 3.49. The molecule has 0 unspecified atom stereocenters. The van der Waals surface area contributed by atoms with Crippen LogP contribution in [-0.2, 0) is 10.0 Å². The Morgan fingerprint density at radius 1 is 1.05 bits per heavy atom. The molecule has 0 aliphatic rings. The van der Waals surface area contributed by atoms with Crippen LogP contribution < -0.4 is 10.0 Å². The first-order chi connectivity index (χ1) is 10.1. The van der Waals surface area contributed by atoms with Crippen LogP contribution >= 0.6 is 0 Å². The van der Waals surface area contributed by atoms with E-state index in [2.05, 4.69) is 0 Å². The highest BCUT2D eigenvalue weighted by Crippen LogP contribution is 2.24. The summed E-state index contributed by atoms with van der Waals surface area (Å²) in [4.78, 5) is 0.172. The number of hydrogen-bond acceptors (Lipinski definition) is 3. The molecule has 0 saturated carbocycles. The Morgan fingerprint density at radius 2 is 1.76 bits per heavy atom. The Morgan fingerprint density at radius 3 is 2.38 bits per heavy atom. The molecule has 0 saturated heterocycles. The minimum atomic E-state index is -3.73. The van der Waals surface area contributed by atoms with Crippen molar-refractivity contribution in [1.82, 2.24) is 0 Å². The predicted octanol–water partition coefficient (Wildman–Crippen LogP) is 2.37. The van der Waals surface area contributed by atoms with Crippen molar-refractivity contribution >= 4 is 15.7 Å². The first kappa shape index (κ1) is 15.5. The van der Waals surface area contributed by atoms with Crippen LogP contribution in [-0.4, -0.2) is 21.5 Å². The van der Waals surface area contributed by atoms with E-state index in [-0.39, 0.29) is 11.4 Å². The van der Waals surface area contributed by atoms with E-state index in [1.165, 1.54) is 34.6 Å². The van der Waals surface area contributed by atoms with Gasteiger partial charge in [-0.05, 0) is 43.3 Å². The lowest BCUT2D eigenvalue weighted by atomic mass is 10.3. The maximum absolute atomic E-state index is 13.4. The maximum atomic E-state index is 13.4. The second kappa shape index (κ2) is 6.69. The molecular weight excluding hydrogens is 291 g/mol. The van der Waals surface area contributed by atoms with Crippen LogP contribution in [0.25, 0.3) is 0 Å². The highest BCUT2D eigenvalue weighted by atomic mass is 32.2. The van der Waals surface area contributed by atoms with Gasteiger partial charge >= 0.3 is 0 Å². The van der Waals surface area contributed by atoms with Crippen molar-refractivity contribution in [2.75, 3.05) is 17.4 Å². The average Bonchev–Trinajstić information content (AvgIpc) is 2.48. The van der Waals surface area contributed by atoms with Crippen molar-refractivity contribution in [3.63, 3.8) is 0 Å². The van der Waals surface area contributed by atoms with E-state index < -0.39 is 15.8 Å². The van der Waals surface area contributed by atoms with Crippen LogP contribution in [0.3, 0.4) is 0 Å². The third kappa shape index (κ3) is 3.59. The molecule has 0 aliphatic carbocycles. The van der Waals surface area contributed by atoms with Crippen molar-refractivity contribution in [2.45, 2.75) is 11.3 Å². The van der Waals surface area contributed by atoms with Gasteiger partial charge in [-0.15, -0.1) is 0 Å². The number of hydrogen-bond donors (Lipinski definition) is 1. The van der Waals surface area contributed by atoms with Gasteiger partial charge in [-0.25, -0.2) is 12.8 Å². The fourth-order valence-electron chi connectivity index (χ4n) is 1.97. The van der Waals surface area contributed by atoms with Gasteiger partial charge in [-0.1, -0.05) is 24.3 Å². The lowest BCUT2D eigenvalue weighted by Crippen LogP contribution is -2.33. The van der Waals surface area contributed by atoms with E-state index in [0.717, 1.165) is 0 Å². The summed E-state index contributed by atoms with van der Waals surface area (Å²) in [5.41, 5.74) is 5.77. The third-order valence-electron chi connectivity index (χ3n) is 2.99. The number of halogens is 1. The van der Waals surface area contributed by atoms with Crippen molar-refractivity contribution in [3.05, 3.63) is 60.4 Å². The molecule has 2 N–H and O–H groups in total. The van der Waals surface area contributed by atoms with Gasteiger partial charge in [-0.2, -0.15) is 0 Å². The third-order valence-corrected chi connectivity index (χ3v) is 4.83. The summed E-state index contributed by atoms with van der Waals surface area (Å²) < 4.78 is 40.0. The van der Waals surface area contributed by atoms with Crippen molar-refractivity contribution in [2.24, 2.45) is 5.73 Å². The summed E-state index contributed by atoms with van der Waals surface area (Å²) in [5, 5.41) is 0. The zero-order valence-electron chi connectivity index (χ0n) is 11.4. The van der Waals surface area contributed by atoms with Crippen molar-refractivity contribution in [3.8, 4) is 0 Å². The Balaban J connectivity index is 2.45. The monoisotopic (exact) mass is 308 g/mol. The van der Waals surface area contributed by atoms with E-state index in [0.29, 0.717) is 18.7 Å². The Hall–Kier alpha value is -1.92. The van der Waals surface area contributed by atoms with E-state index in [1.54, 1.807) is 24.3 Å². The summed E-state index contributed by atoms with van der Waals surface area (Å²) in [7, 11) is -3.73. The molecule has 0 fully saturated rings. The second-order valence-corrected chi connectivity index (χ2v) is 6.37. The summed E-state index contributed by atoms with van der Waals surface area (Å²) in [6.07, 6.45) is 0.489. The topological polar surface area (TPSA) is 63.4 Å². The van der Waals surface area contributed by atoms with Crippen LogP contribution in [0.15, 0.2) is 59.5 Å². The van der Waals surface area contributed by atoms with E-state index in [1.807, 2.05) is 0 Å². The minimum Gasteiger partial charge on any atom is -0.330 e. The summed E-state index contributed by atoms with van der Waals surface area (Å²) in [6.45, 7) is 0.563. The summed E-state index contributed by atoms with van der Waals surface area (Å²) in [6, 6.07) is 13.6. The lowest BCUT2D eigenvalue weighted by Gasteiger charge is -2.24. The normalized spacial score (nSPS) is 11.3. The molecule has 0 radical (unpaired) electrons. The average molecular weight is 308 g/mol. The molecule has 6 heteroatoms. The highest BCUT2D eigenvalue weighted by Gasteiger charge is 2.24. The van der Waals surface area contributed by atoms with Gasteiger partial charge in [0, 0.05) is 6.54 Å². The number of sulfonamides is 1. The molecule has 21 heavy (non-hydrogen) atoms. The predicted molar refractivity (Wildman–Crippen MR) is 81.0 cm³/mol. The SMILES string of the molecule is NCCCN(c1cccc(F)c1)S(=O)(=O)c1ccccc1. The van der Waals surface area contributed by atoms with Crippen LogP contribution in [0.2, 0.25) is 0 Å². The molecular formula is C15H17FN2O2S. The van der Waals surface area contributed by atoms with Gasteiger partial charge < -0.3 is 5.73 Å². The zero-order valence-corrected chi connectivity index (χ0v) is 12.3. The van der Waals surface area contributed by atoms with Gasteiger partial charge in [0.25, 0.3) is 10.0 Å². The fraction of sp³-hybridized carbons (Fsp3) is 0.200. The van der Waals surface area contributed by atoms with Crippen molar-refractivity contribution < 1.29 is 12.8 Å². The maximum Gasteiger partial charge on any atom is 0.264 e. The number of anilines is 1. The molecule has 0 heterocycles. The molecule has 0 bridgehead atoms. The highest BCUT2D eigenvalue weighted by molar-refractivity contribution is 7.92. The Kier molecular flexibility index (Phi) is 4.93. The molecule has 0 atom stereocenters. The molecule has 0 spiro atoms. The van der Waals surface area contributed by atoms with Crippen LogP contribution in [0.4, 0.5) is 10.1 Å². The molecule has 2 aromatic rings.